The molecule has 2 atom stereocenters. The third-order valence-corrected chi connectivity index (χ3v) is 9.77. The van der Waals surface area contributed by atoms with Crippen molar-refractivity contribution in [1.82, 2.24) is 19.9 Å². The molecule has 0 aromatic carbocycles. The fraction of sp³-hybridized carbons (Fsp3) is 0.731. The molecule has 2 fully saturated rings. The number of aliphatic carboxylic acids is 1. The number of carbonyl (C=O) groups excluding carboxylic acids is 1. The van der Waals surface area contributed by atoms with Crippen molar-refractivity contribution >= 4 is 40.1 Å². The van der Waals surface area contributed by atoms with Crippen molar-refractivity contribution in [1.29, 1.82) is 0 Å². The molecule has 1 amide bonds. The quantitative estimate of drug-likeness (QED) is 0.317. The first-order valence-electron chi connectivity index (χ1n) is 13.8. The van der Waals surface area contributed by atoms with Crippen molar-refractivity contribution in [2.45, 2.75) is 81.9 Å². The summed E-state index contributed by atoms with van der Waals surface area (Å²) in [5.74, 6) is -0.713. The number of aromatic nitrogens is 1. The van der Waals surface area contributed by atoms with Gasteiger partial charge < -0.3 is 20.6 Å². The van der Waals surface area contributed by atoms with E-state index in [2.05, 4.69) is 32.4 Å². The van der Waals surface area contributed by atoms with Crippen LogP contribution in [0.25, 0.3) is 0 Å². The third-order valence-electron chi connectivity index (χ3n) is 7.81. The van der Waals surface area contributed by atoms with Crippen LogP contribution < -0.4 is 15.4 Å². The summed E-state index contributed by atoms with van der Waals surface area (Å²) in [5.41, 5.74) is 2.36. The van der Waals surface area contributed by atoms with Crippen LogP contribution in [0, 0.1) is 5.92 Å². The third kappa shape index (κ3) is 8.53. The molecule has 1 saturated heterocycles. The smallest absolute Gasteiger partial charge is 0.323 e. The van der Waals surface area contributed by atoms with Gasteiger partial charge in [0.2, 0.25) is 15.9 Å². The second-order valence-corrected chi connectivity index (χ2v) is 12.6. The molecular weight excluding hydrogens is 530 g/mol. The first-order valence-corrected chi connectivity index (χ1v) is 15.3. The van der Waals surface area contributed by atoms with Crippen molar-refractivity contribution in [3.63, 3.8) is 0 Å². The van der Waals surface area contributed by atoms with E-state index in [1.54, 1.807) is 0 Å². The molecule has 4 rings (SSSR count). The van der Waals surface area contributed by atoms with Gasteiger partial charge in [-0.15, -0.1) is 12.4 Å². The summed E-state index contributed by atoms with van der Waals surface area (Å²) >= 11 is 0. The molecule has 4 N–H and O–H groups in total. The number of sulfonamides is 1. The van der Waals surface area contributed by atoms with Crippen LogP contribution >= 0.6 is 12.4 Å². The minimum Gasteiger partial charge on any atom is -0.480 e. The maximum absolute atomic E-state index is 12.8. The van der Waals surface area contributed by atoms with Crippen LogP contribution in [0.3, 0.4) is 0 Å². The number of hydrogen-bond donors (Lipinski definition) is 4. The van der Waals surface area contributed by atoms with Crippen molar-refractivity contribution in [3.05, 3.63) is 23.4 Å². The minimum absolute atomic E-state index is 0. The SMILES string of the molecule is Cl.O=C(NC[C@H](NS(=O)(=O)C1CCCCC1)C(=O)O)[C@@H]1CCCN(CCCc2ccc3c(n2)NCCC3)C1. The Kier molecular flexibility index (Phi) is 11.6. The number of piperidine rings is 1. The normalized spacial score (nSPS) is 21.4. The molecule has 3 aliphatic rings. The summed E-state index contributed by atoms with van der Waals surface area (Å²) in [6.07, 6.45) is 9.45. The molecule has 214 valence electrons. The van der Waals surface area contributed by atoms with Crippen LogP contribution in [0.5, 0.6) is 0 Å². The van der Waals surface area contributed by atoms with Crippen LogP contribution in [-0.2, 0) is 32.5 Å². The highest BCUT2D eigenvalue weighted by atomic mass is 35.5. The number of pyridine rings is 1. The fourth-order valence-corrected chi connectivity index (χ4v) is 7.39. The molecule has 0 radical (unpaired) electrons. The number of carboxylic acids is 1. The van der Waals surface area contributed by atoms with Gasteiger partial charge in [-0.2, -0.15) is 4.72 Å². The Morgan fingerprint density at radius 3 is 2.68 bits per heavy atom. The van der Waals surface area contributed by atoms with Crippen LogP contribution in [-0.4, -0.2) is 79.3 Å². The second-order valence-electron chi connectivity index (χ2n) is 10.6. The molecule has 0 bridgehead atoms. The van der Waals surface area contributed by atoms with Gasteiger partial charge in [0.15, 0.2) is 0 Å². The number of carbonyl (C=O) groups is 2. The van der Waals surface area contributed by atoms with Crippen LogP contribution in [0.4, 0.5) is 5.82 Å². The predicted molar refractivity (Wildman–Crippen MR) is 149 cm³/mol. The Morgan fingerprint density at radius 1 is 1.13 bits per heavy atom. The van der Waals surface area contributed by atoms with Gasteiger partial charge >= 0.3 is 5.97 Å². The van der Waals surface area contributed by atoms with Gasteiger partial charge in [0.25, 0.3) is 0 Å². The number of nitrogens with one attached hydrogen (secondary N) is 3. The average Bonchev–Trinajstić information content (AvgIpc) is 2.91. The molecular formula is C26H42ClN5O5S. The lowest BCUT2D eigenvalue weighted by Gasteiger charge is -2.32. The molecule has 38 heavy (non-hydrogen) atoms. The van der Waals surface area contributed by atoms with Gasteiger partial charge in [0.1, 0.15) is 11.9 Å². The topological polar surface area (TPSA) is 141 Å². The van der Waals surface area contributed by atoms with E-state index >= 15 is 0 Å². The highest BCUT2D eigenvalue weighted by molar-refractivity contribution is 7.90. The van der Waals surface area contributed by atoms with Gasteiger partial charge in [-0.3, -0.25) is 9.59 Å². The summed E-state index contributed by atoms with van der Waals surface area (Å²) in [4.78, 5) is 31.6. The van der Waals surface area contributed by atoms with Crippen molar-refractivity contribution in [2.24, 2.45) is 5.92 Å². The van der Waals surface area contributed by atoms with E-state index in [-0.39, 0.29) is 30.8 Å². The Bertz CT molecular complexity index is 1050. The van der Waals surface area contributed by atoms with E-state index < -0.39 is 27.3 Å². The molecule has 10 nitrogen and oxygen atoms in total. The van der Waals surface area contributed by atoms with E-state index in [9.17, 15) is 23.1 Å². The number of hydrogen-bond acceptors (Lipinski definition) is 7. The zero-order chi connectivity index (χ0) is 26.3. The summed E-state index contributed by atoms with van der Waals surface area (Å²) in [6, 6.07) is 2.92. The highest BCUT2D eigenvalue weighted by Crippen LogP contribution is 2.24. The number of nitrogens with zero attached hydrogens (tertiary/aromatic N) is 2. The Hall–Kier alpha value is -1.95. The van der Waals surface area contributed by atoms with E-state index in [0.717, 1.165) is 88.9 Å². The van der Waals surface area contributed by atoms with Crippen molar-refractivity contribution < 1.29 is 23.1 Å². The summed E-state index contributed by atoms with van der Waals surface area (Å²) in [7, 11) is -3.75. The summed E-state index contributed by atoms with van der Waals surface area (Å²) < 4.78 is 27.7. The van der Waals surface area contributed by atoms with Crippen LogP contribution in [0.1, 0.15) is 69.0 Å². The van der Waals surface area contributed by atoms with E-state index in [4.69, 9.17) is 4.98 Å². The number of aryl methyl sites for hydroxylation is 2. The fourth-order valence-electron chi connectivity index (χ4n) is 5.66. The number of likely N-dealkylation sites (tertiary alicyclic amines) is 1. The Balaban J connectivity index is 0.00000400. The molecule has 1 saturated carbocycles. The summed E-state index contributed by atoms with van der Waals surface area (Å²) in [5, 5.41) is 15.1. The number of anilines is 1. The van der Waals surface area contributed by atoms with Gasteiger partial charge in [-0.05, 0) is 76.1 Å². The number of carboxylic acid groups (broad SMARTS) is 1. The zero-order valence-electron chi connectivity index (χ0n) is 22.0. The van der Waals surface area contributed by atoms with E-state index in [1.807, 2.05) is 0 Å². The number of rotatable bonds is 11. The average molecular weight is 572 g/mol. The van der Waals surface area contributed by atoms with Crippen molar-refractivity contribution in [3.8, 4) is 0 Å². The lowest BCUT2D eigenvalue weighted by atomic mass is 9.96. The monoisotopic (exact) mass is 571 g/mol. The van der Waals surface area contributed by atoms with E-state index in [0.29, 0.717) is 19.4 Å². The largest absolute Gasteiger partial charge is 0.480 e. The summed E-state index contributed by atoms with van der Waals surface area (Å²) in [6.45, 7) is 3.14. The van der Waals surface area contributed by atoms with Gasteiger partial charge in [-0.1, -0.05) is 25.3 Å². The minimum atomic E-state index is -3.75. The molecule has 1 aromatic heterocycles. The Morgan fingerprint density at radius 2 is 1.92 bits per heavy atom. The zero-order valence-corrected chi connectivity index (χ0v) is 23.6. The van der Waals surface area contributed by atoms with Crippen molar-refractivity contribution in [2.75, 3.05) is 38.0 Å². The lowest BCUT2D eigenvalue weighted by molar-refractivity contribution is -0.139. The molecule has 3 heterocycles. The van der Waals surface area contributed by atoms with E-state index in [1.165, 1.54) is 5.56 Å². The van der Waals surface area contributed by atoms with Gasteiger partial charge in [0.05, 0.1) is 11.2 Å². The molecule has 1 aromatic rings. The Labute approximate surface area is 232 Å². The predicted octanol–water partition coefficient (Wildman–Crippen LogP) is 2.33. The maximum Gasteiger partial charge on any atom is 0.323 e. The number of fused-ring (bicyclic) bond motifs is 1. The molecule has 12 heteroatoms. The molecule has 2 aliphatic heterocycles. The van der Waals surface area contributed by atoms with Crippen LogP contribution in [0.15, 0.2) is 12.1 Å². The van der Waals surface area contributed by atoms with Gasteiger partial charge in [0, 0.05) is 25.3 Å². The lowest BCUT2D eigenvalue weighted by Crippen LogP contribution is -2.52. The second kappa shape index (κ2) is 14.4. The van der Waals surface area contributed by atoms with Gasteiger partial charge in [-0.25, -0.2) is 13.4 Å². The first kappa shape index (κ1) is 30.6. The molecule has 1 aliphatic carbocycles. The highest BCUT2D eigenvalue weighted by Gasteiger charge is 2.33. The molecule has 0 spiro atoms. The molecule has 0 unspecified atom stereocenters. The number of halogens is 1. The first-order chi connectivity index (χ1) is 17.8. The number of amides is 1. The van der Waals surface area contributed by atoms with Crippen LogP contribution in [0.2, 0.25) is 0 Å². The standard InChI is InChI=1S/C26H41N5O5S.ClH/c32-25(28-17-23(26(33)34)30-37(35,36)22-10-2-1-3-11-22)20-8-5-15-31(18-20)16-6-9-21-13-12-19-7-4-14-27-24(19)29-21;/h12-13,20,22-23,30H,1-11,14-18H2,(H,27,29)(H,28,32)(H,33,34);1H/t20-,23+;/m1./s1. The maximum atomic E-state index is 12.8.